The third-order valence-electron chi connectivity index (χ3n) is 5.56. The lowest BCUT2D eigenvalue weighted by Gasteiger charge is -2.31. The molecule has 0 unspecified atom stereocenters. The van der Waals surface area contributed by atoms with E-state index in [2.05, 4.69) is 36.1 Å². The zero-order valence-corrected chi connectivity index (χ0v) is 14.4. The first-order valence-electron chi connectivity index (χ1n) is 9.47. The summed E-state index contributed by atoms with van der Waals surface area (Å²) in [5.74, 6) is 2.37. The Hall–Kier alpha value is -1.69. The van der Waals surface area contributed by atoms with Crippen molar-refractivity contribution in [3.8, 4) is 0 Å². The van der Waals surface area contributed by atoms with Crippen LogP contribution in [0.5, 0.6) is 0 Å². The Morgan fingerprint density at radius 3 is 2.88 bits per heavy atom. The second-order valence-corrected chi connectivity index (χ2v) is 7.48. The van der Waals surface area contributed by atoms with Crippen molar-refractivity contribution >= 4 is 0 Å². The van der Waals surface area contributed by atoms with E-state index in [9.17, 15) is 0 Å². The first-order chi connectivity index (χ1) is 11.9. The van der Waals surface area contributed by atoms with Crippen LogP contribution in [-0.4, -0.2) is 43.0 Å². The maximum Gasteiger partial charge on any atom is 0.120 e. The van der Waals surface area contributed by atoms with Gasteiger partial charge in [0.05, 0.1) is 12.2 Å². The Morgan fingerprint density at radius 2 is 2.04 bits per heavy atom. The molecule has 130 valence electrons. The number of hydrogen-bond acceptors (Lipinski definition) is 4. The van der Waals surface area contributed by atoms with Gasteiger partial charge in [-0.15, -0.1) is 5.10 Å². The van der Waals surface area contributed by atoms with Crippen LogP contribution in [0.25, 0.3) is 0 Å². The summed E-state index contributed by atoms with van der Waals surface area (Å²) >= 11 is 0. The van der Waals surface area contributed by atoms with E-state index >= 15 is 0 Å². The number of hydrogen-bond donors (Lipinski definition) is 1. The summed E-state index contributed by atoms with van der Waals surface area (Å²) in [5, 5.41) is 8.89. The molecule has 4 rings (SSSR count). The molecule has 2 aromatic heterocycles. The van der Waals surface area contributed by atoms with Gasteiger partial charge in [-0.25, -0.2) is 4.98 Å². The second kappa shape index (κ2) is 7.47. The molecule has 2 aromatic rings. The summed E-state index contributed by atoms with van der Waals surface area (Å²) < 4.78 is 2.09. The van der Waals surface area contributed by atoms with Gasteiger partial charge in [0.25, 0.3) is 0 Å². The summed E-state index contributed by atoms with van der Waals surface area (Å²) in [7, 11) is 0. The molecule has 0 radical (unpaired) electrons. The van der Waals surface area contributed by atoms with E-state index in [4.69, 9.17) is 0 Å². The van der Waals surface area contributed by atoms with Crippen molar-refractivity contribution in [1.82, 2.24) is 29.9 Å². The van der Waals surface area contributed by atoms with Crippen LogP contribution in [0.4, 0.5) is 0 Å². The summed E-state index contributed by atoms with van der Waals surface area (Å²) in [6, 6.07) is 0. The average molecular weight is 328 g/mol. The number of nitrogens with zero attached hydrogens (tertiary/aromatic N) is 5. The molecule has 0 bridgehead atoms. The number of piperidine rings is 1. The Morgan fingerprint density at radius 1 is 1.12 bits per heavy atom. The Labute approximate surface area is 143 Å². The SMILES string of the molecule is c1c[nH]c(CN2CCC[C@H](Cn3cc(C4CCCCC4)nn3)C2)n1. The molecular weight excluding hydrogens is 300 g/mol. The van der Waals surface area contributed by atoms with E-state index in [1.54, 1.807) is 0 Å². The molecule has 1 atom stereocenters. The predicted molar refractivity (Wildman–Crippen MR) is 92.4 cm³/mol. The van der Waals surface area contributed by atoms with Gasteiger partial charge in [0, 0.05) is 37.6 Å². The van der Waals surface area contributed by atoms with Crippen LogP contribution in [-0.2, 0) is 13.1 Å². The van der Waals surface area contributed by atoms with Gasteiger partial charge in [-0.1, -0.05) is 24.5 Å². The fourth-order valence-electron chi connectivity index (χ4n) is 4.29. The highest BCUT2D eigenvalue weighted by atomic mass is 15.4. The normalized spacial score (nSPS) is 23.6. The van der Waals surface area contributed by atoms with E-state index < -0.39 is 0 Å². The number of likely N-dealkylation sites (tertiary alicyclic amines) is 1. The molecule has 24 heavy (non-hydrogen) atoms. The zero-order chi connectivity index (χ0) is 16.2. The van der Waals surface area contributed by atoms with Crippen LogP contribution in [0, 0.1) is 5.92 Å². The Bertz CT molecular complexity index is 613. The summed E-state index contributed by atoms with van der Waals surface area (Å²) in [5.41, 5.74) is 1.22. The van der Waals surface area contributed by atoms with Gasteiger partial charge >= 0.3 is 0 Å². The lowest BCUT2D eigenvalue weighted by Crippen LogP contribution is -2.36. The molecule has 0 aromatic carbocycles. The third-order valence-corrected chi connectivity index (χ3v) is 5.56. The van der Waals surface area contributed by atoms with Crippen molar-refractivity contribution in [3.63, 3.8) is 0 Å². The van der Waals surface area contributed by atoms with Gasteiger partial charge in [-0.05, 0) is 38.1 Å². The number of aromatic amines is 1. The number of H-pyrrole nitrogens is 1. The number of nitrogens with one attached hydrogen (secondary N) is 1. The maximum atomic E-state index is 4.47. The van der Waals surface area contributed by atoms with Crippen molar-refractivity contribution in [1.29, 1.82) is 0 Å². The average Bonchev–Trinajstić information content (AvgIpc) is 3.28. The van der Waals surface area contributed by atoms with Gasteiger partial charge < -0.3 is 4.98 Å². The van der Waals surface area contributed by atoms with Crippen LogP contribution in [0.1, 0.15) is 62.4 Å². The van der Waals surface area contributed by atoms with Gasteiger partial charge in [-0.2, -0.15) is 0 Å². The van der Waals surface area contributed by atoms with Crippen LogP contribution < -0.4 is 0 Å². The van der Waals surface area contributed by atoms with Crippen LogP contribution in [0.2, 0.25) is 0 Å². The molecule has 0 amide bonds. The highest BCUT2D eigenvalue weighted by Crippen LogP contribution is 2.31. The first-order valence-corrected chi connectivity index (χ1v) is 9.47. The highest BCUT2D eigenvalue weighted by molar-refractivity contribution is 5.03. The summed E-state index contributed by atoms with van der Waals surface area (Å²) in [4.78, 5) is 10.1. The fraction of sp³-hybridized carbons (Fsp3) is 0.722. The van der Waals surface area contributed by atoms with Crippen molar-refractivity contribution < 1.29 is 0 Å². The van der Waals surface area contributed by atoms with Crippen LogP contribution in [0.15, 0.2) is 18.6 Å². The highest BCUT2D eigenvalue weighted by Gasteiger charge is 2.23. The summed E-state index contributed by atoms with van der Waals surface area (Å²) in [6.07, 6.45) is 15.2. The van der Waals surface area contributed by atoms with Gasteiger partial charge in [0.1, 0.15) is 5.82 Å². The lowest BCUT2D eigenvalue weighted by atomic mass is 9.87. The van der Waals surface area contributed by atoms with Crippen molar-refractivity contribution in [2.75, 3.05) is 13.1 Å². The molecule has 1 saturated heterocycles. The molecule has 2 aliphatic rings. The van der Waals surface area contributed by atoms with Crippen molar-refractivity contribution in [2.24, 2.45) is 5.92 Å². The molecule has 2 fully saturated rings. The number of imidazole rings is 1. The minimum Gasteiger partial charge on any atom is -0.348 e. The number of rotatable bonds is 5. The topological polar surface area (TPSA) is 62.6 Å². The van der Waals surface area contributed by atoms with E-state index in [1.807, 2.05) is 12.4 Å². The summed E-state index contributed by atoms with van der Waals surface area (Å²) in [6.45, 7) is 4.21. The smallest absolute Gasteiger partial charge is 0.120 e. The maximum absolute atomic E-state index is 4.47. The van der Waals surface area contributed by atoms with Gasteiger partial charge in [0.2, 0.25) is 0 Å². The van der Waals surface area contributed by atoms with Gasteiger partial charge in [0.15, 0.2) is 0 Å². The molecule has 1 N–H and O–H groups in total. The second-order valence-electron chi connectivity index (χ2n) is 7.48. The van der Waals surface area contributed by atoms with E-state index in [0.29, 0.717) is 11.8 Å². The number of aromatic nitrogens is 5. The largest absolute Gasteiger partial charge is 0.348 e. The molecule has 0 spiro atoms. The molecule has 6 nitrogen and oxygen atoms in total. The van der Waals surface area contributed by atoms with Crippen LogP contribution >= 0.6 is 0 Å². The van der Waals surface area contributed by atoms with Crippen molar-refractivity contribution in [2.45, 2.75) is 64.0 Å². The van der Waals surface area contributed by atoms with E-state index in [0.717, 1.165) is 25.5 Å². The monoisotopic (exact) mass is 328 g/mol. The molecule has 1 aliphatic heterocycles. The predicted octanol–water partition coefficient (Wildman–Crippen LogP) is 2.96. The molecule has 6 heteroatoms. The molecule has 1 saturated carbocycles. The third kappa shape index (κ3) is 3.86. The standard InChI is InChI=1S/C18H28N6/c1-2-6-16(7-3-1)17-13-24(22-21-17)12-15-5-4-10-23(11-15)14-18-19-8-9-20-18/h8-9,13,15-16H,1-7,10-12,14H2,(H,19,20)/t15-/m0/s1. The lowest BCUT2D eigenvalue weighted by molar-refractivity contribution is 0.150. The minimum atomic E-state index is 0.648. The van der Waals surface area contributed by atoms with Gasteiger partial charge in [-0.3, -0.25) is 9.58 Å². The van der Waals surface area contributed by atoms with E-state index in [1.165, 1.54) is 57.2 Å². The first kappa shape index (κ1) is 15.8. The minimum absolute atomic E-state index is 0.648. The van der Waals surface area contributed by atoms with E-state index in [-0.39, 0.29) is 0 Å². The Balaban J connectivity index is 1.32. The Kier molecular flexibility index (Phi) is 4.92. The fourth-order valence-corrected chi connectivity index (χ4v) is 4.29. The molecule has 3 heterocycles. The molecule has 1 aliphatic carbocycles. The van der Waals surface area contributed by atoms with Crippen LogP contribution in [0.3, 0.4) is 0 Å². The quantitative estimate of drug-likeness (QED) is 0.916. The zero-order valence-electron chi connectivity index (χ0n) is 14.4. The molecular formula is C18H28N6. The van der Waals surface area contributed by atoms with Crippen molar-refractivity contribution in [3.05, 3.63) is 30.1 Å².